The van der Waals surface area contributed by atoms with E-state index in [0.29, 0.717) is 21.6 Å². The van der Waals surface area contributed by atoms with Gasteiger partial charge < -0.3 is 0 Å². The largest absolute Gasteiger partial charge is 0.362 e. The Labute approximate surface area is 192 Å². The normalized spacial score (nSPS) is 11.2. The zero-order valence-electron chi connectivity index (χ0n) is 15.9. The molecule has 0 aliphatic rings. The van der Waals surface area contributed by atoms with Crippen LogP contribution in [0.2, 0.25) is 0 Å². The molecule has 1 heterocycles. The lowest BCUT2D eigenvalue weighted by atomic mass is 10.2. The van der Waals surface area contributed by atoms with Crippen LogP contribution >= 0.6 is 31.9 Å². The van der Waals surface area contributed by atoms with Crippen LogP contribution in [0.4, 0.5) is 0 Å². The van der Waals surface area contributed by atoms with Crippen LogP contribution in [0, 0.1) is 0 Å². The molecule has 0 saturated heterocycles. The Hall–Kier alpha value is -3.30. The van der Waals surface area contributed by atoms with Crippen molar-refractivity contribution >= 4 is 38.1 Å². The summed E-state index contributed by atoms with van der Waals surface area (Å²) in [5.41, 5.74) is -1.19. The second-order valence-electron chi connectivity index (χ2n) is 6.44. The van der Waals surface area contributed by atoms with Crippen LogP contribution in [0.5, 0.6) is 0 Å². The zero-order chi connectivity index (χ0) is 22.0. The molecule has 0 atom stereocenters. The van der Waals surface area contributed by atoms with E-state index in [9.17, 15) is 14.4 Å². The van der Waals surface area contributed by atoms with Gasteiger partial charge in [0.15, 0.2) is 0 Å². The molecule has 0 saturated carbocycles. The van der Waals surface area contributed by atoms with Crippen molar-refractivity contribution in [3.63, 3.8) is 0 Å². The average molecular weight is 542 g/mol. The van der Waals surface area contributed by atoms with Gasteiger partial charge in [0.2, 0.25) is 0 Å². The van der Waals surface area contributed by atoms with Crippen molar-refractivity contribution in [1.82, 2.24) is 13.8 Å². The van der Waals surface area contributed by atoms with Crippen molar-refractivity contribution in [2.45, 2.75) is 0 Å². The van der Waals surface area contributed by atoms with Crippen LogP contribution in [0.1, 0.15) is 5.56 Å². The van der Waals surface area contributed by atoms with E-state index in [1.807, 2.05) is 18.2 Å². The van der Waals surface area contributed by atoms with Gasteiger partial charge in [-0.3, -0.25) is 0 Å². The zero-order valence-corrected chi connectivity index (χ0v) is 19.0. The van der Waals surface area contributed by atoms with E-state index in [2.05, 4.69) is 37.0 Å². The van der Waals surface area contributed by atoms with Gasteiger partial charge in [-0.05, 0) is 54.1 Å². The van der Waals surface area contributed by atoms with Gasteiger partial charge >= 0.3 is 17.1 Å². The lowest BCUT2D eigenvalue weighted by molar-refractivity contribution is 0.607. The first-order valence-corrected chi connectivity index (χ1v) is 10.7. The number of halogens is 2. The predicted molar refractivity (Wildman–Crippen MR) is 127 cm³/mol. The smallest absolute Gasteiger partial charge is 0.246 e. The van der Waals surface area contributed by atoms with E-state index in [0.717, 1.165) is 18.1 Å². The molecule has 154 valence electrons. The fourth-order valence-electron chi connectivity index (χ4n) is 2.92. The van der Waals surface area contributed by atoms with E-state index in [1.54, 1.807) is 60.7 Å². The Kier molecular flexibility index (Phi) is 5.97. The third-order valence-electron chi connectivity index (χ3n) is 4.42. The molecule has 9 heteroatoms. The third kappa shape index (κ3) is 4.28. The summed E-state index contributed by atoms with van der Waals surface area (Å²) in [7, 11) is 0. The number of benzene rings is 3. The molecule has 0 amide bonds. The van der Waals surface area contributed by atoms with Crippen LogP contribution in [0.3, 0.4) is 0 Å². The molecule has 0 unspecified atom stereocenters. The molecule has 0 spiro atoms. The molecule has 3 aromatic carbocycles. The summed E-state index contributed by atoms with van der Waals surface area (Å²) < 4.78 is 4.08. The van der Waals surface area contributed by atoms with Crippen molar-refractivity contribution in [2.24, 2.45) is 5.10 Å². The fraction of sp³-hybridized carbons (Fsp3) is 0. The molecule has 0 fully saturated rings. The molecule has 31 heavy (non-hydrogen) atoms. The monoisotopic (exact) mass is 540 g/mol. The standard InChI is InChI=1S/C22H14Br2N4O3/c23-16-6-10-18(11-7-16)26-20(29)27(19-12-8-17(24)9-13-19)22(31)28(21(26)30)25-14-15-4-2-1-3-5-15/h1-14H/b25-14+. The van der Waals surface area contributed by atoms with Crippen LogP contribution in [0.15, 0.2) is 107 Å². The van der Waals surface area contributed by atoms with Crippen LogP contribution in [-0.4, -0.2) is 20.0 Å². The van der Waals surface area contributed by atoms with Crippen molar-refractivity contribution in [2.75, 3.05) is 0 Å². The molecule has 7 nitrogen and oxygen atoms in total. The van der Waals surface area contributed by atoms with E-state index < -0.39 is 17.1 Å². The minimum atomic E-state index is -0.863. The molecule has 0 N–H and O–H groups in total. The van der Waals surface area contributed by atoms with Gasteiger partial charge in [0, 0.05) is 8.95 Å². The predicted octanol–water partition coefficient (Wildman–Crippen LogP) is 3.56. The van der Waals surface area contributed by atoms with Gasteiger partial charge in [0.05, 0.1) is 17.6 Å². The molecule has 4 rings (SSSR count). The van der Waals surface area contributed by atoms with Gasteiger partial charge in [0.1, 0.15) is 0 Å². The van der Waals surface area contributed by atoms with Gasteiger partial charge in [0.25, 0.3) is 0 Å². The van der Waals surface area contributed by atoms with Gasteiger partial charge in [-0.1, -0.05) is 62.2 Å². The quantitative estimate of drug-likeness (QED) is 0.371. The highest BCUT2D eigenvalue weighted by Gasteiger charge is 2.18. The average Bonchev–Trinajstić information content (AvgIpc) is 2.77. The van der Waals surface area contributed by atoms with Crippen molar-refractivity contribution in [3.05, 3.63) is 125 Å². The first-order chi connectivity index (χ1) is 15.0. The minimum absolute atomic E-state index is 0.313. The van der Waals surface area contributed by atoms with E-state index in [1.165, 1.54) is 6.21 Å². The maximum atomic E-state index is 13.2. The highest BCUT2D eigenvalue weighted by molar-refractivity contribution is 9.10. The lowest BCUT2D eigenvalue weighted by Crippen LogP contribution is -2.52. The third-order valence-corrected chi connectivity index (χ3v) is 5.48. The first kappa shape index (κ1) is 21.0. The lowest BCUT2D eigenvalue weighted by Gasteiger charge is -2.12. The molecule has 4 aromatic rings. The minimum Gasteiger partial charge on any atom is -0.246 e. The van der Waals surface area contributed by atoms with Gasteiger partial charge in [-0.15, -0.1) is 4.68 Å². The summed E-state index contributed by atoms with van der Waals surface area (Å²) in [4.78, 5) is 39.5. The van der Waals surface area contributed by atoms with Crippen LogP contribution in [0.25, 0.3) is 11.4 Å². The molecule has 1 aromatic heterocycles. The summed E-state index contributed by atoms with van der Waals surface area (Å²) in [5, 5.41) is 4.09. The number of aromatic nitrogens is 3. The molecule has 0 aliphatic carbocycles. The second-order valence-corrected chi connectivity index (χ2v) is 8.27. The maximum absolute atomic E-state index is 13.2. The Bertz CT molecular complexity index is 1350. The fourth-order valence-corrected chi connectivity index (χ4v) is 3.45. The Morgan fingerprint density at radius 3 is 1.52 bits per heavy atom. The summed E-state index contributed by atoms with van der Waals surface area (Å²) >= 11 is 6.67. The highest BCUT2D eigenvalue weighted by Crippen LogP contribution is 2.13. The topological polar surface area (TPSA) is 78.4 Å². The van der Waals surface area contributed by atoms with E-state index in [4.69, 9.17) is 0 Å². The van der Waals surface area contributed by atoms with Gasteiger partial charge in [-0.25, -0.2) is 23.5 Å². The summed E-state index contributed by atoms with van der Waals surface area (Å²) in [6.07, 6.45) is 1.39. The molecule has 0 radical (unpaired) electrons. The molecular formula is C22H14Br2N4O3. The van der Waals surface area contributed by atoms with Crippen LogP contribution < -0.4 is 17.1 Å². The summed E-state index contributed by atoms with van der Waals surface area (Å²) in [6, 6.07) is 22.3. The van der Waals surface area contributed by atoms with Crippen LogP contribution in [-0.2, 0) is 0 Å². The summed E-state index contributed by atoms with van der Waals surface area (Å²) in [5.74, 6) is 0. The van der Waals surface area contributed by atoms with Crippen molar-refractivity contribution < 1.29 is 0 Å². The number of nitrogens with zero attached hydrogens (tertiary/aromatic N) is 4. The Balaban J connectivity index is 2.02. The number of hydrogen-bond donors (Lipinski definition) is 0. The molecule has 0 aliphatic heterocycles. The first-order valence-electron chi connectivity index (χ1n) is 9.08. The van der Waals surface area contributed by atoms with Crippen molar-refractivity contribution in [3.8, 4) is 11.4 Å². The highest BCUT2D eigenvalue weighted by atomic mass is 79.9. The number of hydrogen-bond acceptors (Lipinski definition) is 4. The SMILES string of the molecule is O=c1n(/N=C/c2ccccc2)c(=O)n(-c2ccc(Br)cc2)c(=O)n1-c1ccc(Br)cc1. The Morgan fingerprint density at radius 2 is 1.06 bits per heavy atom. The Morgan fingerprint density at radius 1 is 0.613 bits per heavy atom. The van der Waals surface area contributed by atoms with E-state index in [-0.39, 0.29) is 0 Å². The second kappa shape index (κ2) is 8.83. The van der Waals surface area contributed by atoms with E-state index >= 15 is 0 Å². The maximum Gasteiger partial charge on any atom is 0.362 e. The van der Waals surface area contributed by atoms with Crippen molar-refractivity contribution in [1.29, 1.82) is 0 Å². The molecular weight excluding hydrogens is 528 g/mol. The molecule has 0 bridgehead atoms. The summed E-state index contributed by atoms with van der Waals surface area (Å²) in [6.45, 7) is 0. The number of rotatable bonds is 4. The van der Waals surface area contributed by atoms with Gasteiger partial charge in [-0.2, -0.15) is 5.10 Å².